The quantitative estimate of drug-likeness (QED) is 0.497. The van der Waals surface area contributed by atoms with E-state index in [4.69, 9.17) is 14.2 Å². The van der Waals surface area contributed by atoms with Crippen LogP contribution in [0.25, 0.3) is 11.1 Å². The van der Waals surface area contributed by atoms with Crippen molar-refractivity contribution in [2.24, 2.45) is 0 Å². The number of hydrogen-bond acceptors (Lipinski definition) is 5. The second-order valence-electron chi connectivity index (χ2n) is 6.93. The Balaban J connectivity index is 1.76. The number of carbonyl (C=O) groups is 1. The number of carbonyl (C=O) groups excluding carboxylic acids is 1. The molecule has 2 N–H and O–H groups in total. The second-order valence-corrected chi connectivity index (χ2v) is 6.93. The van der Waals surface area contributed by atoms with Crippen LogP contribution in [0.3, 0.4) is 0 Å². The van der Waals surface area contributed by atoms with E-state index in [1.165, 1.54) is 0 Å². The van der Waals surface area contributed by atoms with Crippen molar-refractivity contribution in [3.8, 4) is 28.4 Å². The van der Waals surface area contributed by atoms with Crippen LogP contribution in [-0.4, -0.2) is 32.8 Å². The highest BCUT2D eigenvalue weighted by atomic mass is 16.5. The summed E-state index contributed by atoms with van der Waals surface area (Å²) in [7, 11) is 3.28. The van der Waals surface area contributed by atoms with Crippen LogP contribution in [0.4, 0.5) is 11.4 Å². The van der Waals surface area contributed by atoms with E-state index < -0.39 is 6.04 Å². The molecule has 0 aromatic heterocycles. The molecule has 0 spiro atoms. The maximum absolute atomic E-state index is 12.8. The van der Waals surface area contributed by atoms with Crippen molar-refractivity contribution in [2.75, 3.05) is 31.5 Å². The molecule has 0 radical (unpaired) electrons. The van der Waals surface area contributed by atoms with Gasteiger partial charge < -0.3 is 24.8 Å². The molecule has 0 bridgehead atoms. The number of para-hydroxylation sites is 2. The van der Waals surface area contributed by atoms with Crippen LogP contribution in [-0.2, 0) is 4.79 Å². The third kappa shape index (κ3) is 5.48. The van der Waals surface area contributed by atoms with Crippen LogP contribution < -0.4 is 24.8 Å². The first kappa shape index (κ1) is 22.0. The van der Waals surface area contributed by atoms with Crippen LogP contribution in [0.1, 0.15) is 13.8 Å². The number of benzene rings is 3. The average Bonchev–Trinajstić information content (AvgIpc) is 2.80. The summed E-state index contributed by atoms with van der Waals surface area (Å²) < 4.78 is 16.4. The molecule has 0 saturated carbocycles. The first-order valence-electron chi connectivity index (χ1n) is 10.2. The van der Waals surface area contributed by atoms with Gasteiger partial charge in [-0.2, -0.15) is 0 Å². The number of hydrogen-bond donors (Lipinski definition) is 2. The standard InChI is InChI=1S/C25H28N2O4/c1-5-31-24-9-7-6-8-22(24)27-25(28)17(2)26-19-12-15-23(30-4)21(16-19)18-10-13-20(29-3)14-11-18/h6-17,26H,5H2,1-4H3,(H,27,28)/t17-/m1/s1. The van der Waals surface area contributed by atoms with Gasteiger partial charge in [-0.05, 0) is 61.9 Å². The van der Waals surface area contributed by atoms with E-state index >= 15 is 0 Å². The third-order valence-corrected chi connectivity index (χ3v) is 4.82. The van der Waals surface area contributed by atoms with E-state index in [9.17, 15) is 4.79 Å². The monoisotopic (exact) mass is 420 g/mol. The zero-order chi connectivity index (χ0) is 22.2. The van der Waals surface area contributed by atoms with Gasteiger partial charge in [0.1, 0.15) is 23.3 Å². The van der Waals surface area contributed by atoms with E-state index in [2.05, 4.69) is 10.6 Å². The first-order chi connectivity index (χ1) is 15.0. The van der Waals surface area contributed by atoms with Gasteiger partial charge in [-0.3, -0.25) is 4.79 Å². The lowest BCUT2D eigenvalue weighted by atomic mass is 10.0. The summed E-state index contributed by atoms with van der Waals surface area (Å²) in [5, 5.41) is 6.20. The topological polar surface area (TPSA) is 68.8 Å². The molecule has 6 nitrogen and oxygen atoms in total. The predicted octanol–water partition coefficient (Wildman–Crippen LogP) is 5.21. The predicted molar refractivity (Wildman–Crippen MR) is 124 cm³/mol. The Bertz CT molecular complexity index is 1020. The molecular formula is C25H28N2O4. The highest BCUT2D eigenvalue weighted by Crippen LogP contribution is 2.33. The molecule has 3 aromatic carbocycles. The molecule has 1 amide bonds. The fourth-order valence-corrected chi connectivity index (χ4v) is 3.20. The van der Waals surface area contributed by atoms with E-state index in [0.29, 0.717) is 18.0 Å². The number of amides is 1. The van der Waals surface area contributed by atoms with E-state index in [1.807, 2.05) is 80.6 Å². The van der Waals surface area contributed by atoms with Crippen LogP contribution in [0.15, 0.2) is 66.7 Å². The van der Waals surface area contributed by atoms with E-state index in [-0.39, 0.29) is 5.91 Å². The number of nitrogens with one attached hydrogen (secondary N) is 2. The Kier molecular flexibility index (Phi) is 7.38. The molecule has 0 unspecified atom stereocenters. The summed E-state index contributed by atoms with van der Waals surface area (Å²) in [5.74, 6) is 2.03. The largest absolute Gasteiger partial charge is 0.497 e. The van der Waals surface area contributed by atoms with Gasteiger partial charge >= 0.3 is 0 Å². The lowest BCUT2D eigenvalue weighted by molar-refractivity contribution is -0.116. The van der Waals surface area contributed by atoms with Gasteiger partial charge in [-0.15, -0.1) is 0 Å². The lowest BCUT2D eigenvalue weighted by Gasteiger charge is -2.18. The molecule has 3 aromatic rings. The molecule has 6 heteroatoms. The Morgan fingerprint density at radius 3 is 2.35 bits per heavy atom. The first-order valence-corrected chi connectivity index (χ1v) is 10.2. The number of methoxy groups -OCH3 is 2. The van der Waals surface area contributed by atoms with Crippen molar-refractivity contribution in [3.05, 3.63) is 66.7 Å². The van der Waals surface area contributed by atoms with Crippen molar-refractivity contribution in [1.29, 1.82) is 0 Å². The number of anilines is 2. The maximum Gasteiger partial charge on any atom is 0.246 e. The maximum atomic E-state index is 12.8. The van der Waals surface area contributed by atoms with Crippen LogP contribution in [0.5, 0.6) is 17.2 Å². The minimum Gasteiger partial charge on any atom is -0.497 e. The smallest absolute Gasteiger partial charge is 0.246 e. The molecule has 1 atom stereocenters. The number of rotatable bonds is 9. The molecule has 162 valence electrons. The number of ether oxygens (including phenoxy) is 3. The normalized spacial score (nSPS) is 11.4. The molecule has 3 rings (SSSR count). The Hall–Kier alpha value is -3.67. The molecule has 0 saturated heterocycles. The van der Waals surface area contributed by atoms with Gasteiger partial charge in [0.15, 0.2) is 0 Å². The van der Waals surface area contributed by atoms with Gasteiger partial charge in [0, 0.05) is 11.3 Å². The highest BCUT2D eigenvalue weighted by Gasteiger charge is 2.16. The van der Waals surface area contributed by atoms with Crippen LogP contribution >= 0.6 is 0 Å². The van der Waals surface area contributed by atoms with E-state index in [0.717, 1.165) is 28.3 Å². The van der Waals surface area contributed by atoms with Crippen molar-refractivity contribution in [3.63, 3.8) is 0 Å². The highest BCUT2D eigenvalue weighted by molar-refractivity contribution is 5.97. The summed E-state index contributed by atoms with van der Waals surface area (Å²) in [6.07, 6.45) is 0. The van der Waals surface area contributed by atoms with Crippen molar-refractivity contribution in [2.45, 2.75) is 19.9 Å². The van der Waals surface area contributed by atoms with Crippen LogP contribution in [0.2, 0.25) is 0 Å². The average molecular weight is 421 g/mol. The van der Waals surface area contributed by atoms with E-state index in [1.54, 1.807) is 14.2 Å². The molecular weight excluding hydrogens is 392 g/mol. The SMILES string of the molecule is CCOc1ccccc1NC(=O)[C@@H](C)Nc1ccc(OC)c(-c2ccc(OC)cc2)c1. The van der Waals surface area contributed by atoms with Crippen LogP contribution in [0, 0.1) is 0 Å². The summed E-state index contributed by atoms with van der Waals surface area (Å²) >= 11 is 0. The van der Waals surface area contributed by atoms with Crippen molar-refractivity contribution < 1.29 is 19.0 Å². The zero-order valence-corrected chi connectivity index (χ0v) is 18.3. The Labute approximate surface area is 183 Å². The molecule has 0 aliphatic heterocycles. The molecule has 0 aliphatic rings. The van der Waals surface area contributed by atoms with Gasteiger partial charge in [0.2, 0.25) is 5.91 Å². The van der Waals surface area contributed by atoms with Gasteiger partial charge in [-0.25, -0.2) is 0 Å². The minimum atomic E-state index is -0.466. The lowest BCUT2D eigenvalue weighted by Crippen LogP contribution is -2.32. The fourth-order valence-electron chi connectivity index (χ4n) is 3.20. The molecule has 0 heterocycles. The Morgan fingerprint density at radius 1 is 0.935 bits per heavy atom. The Morgan fingerprint density at radius 2 is 1.68 bits per heavy atom. The summed E-state index contributed by atoms with van der Waals surface area (Å²) in [6.45, 7) is 4.25. The zero-order valence-electron chi connectivity index (χ0n) is 18.3. The van der Waals surface area contributed by atoms with Gasteiger partial charge in [-0.1, -0.05) is 24.3 Å². The molecule has 0 aliphatic carbocycles. The third-order valence-electron chi connectivity index (χ3n) is 4.82. The second kappa shape index (κ2) is 10.4. The fraction of sp³-hybridized carbons (Fsp3) is 0.240. The molecule has 0 fully saturated rings. The summed E-state index contributed by atoms with van der Waals surface area (Å²) in [6, 6.07) is 20.4. The minimum absolute atomic E-state index is 0.158. The van der Waals surface area contributed by atoms with Crippen molar-refractivity contribution in [1.82, 2.24) is 0 Å². The summed E-state index contributed by atoms with van der Waals surface area (Å²) in [5.41, 5.74) is 3.37. The molecule has 31 heavy (non-hydrogen) atoms. The van der Waals surface area contributed by atoms with Gasteiger partial charge in [0.05, 0.1) is 26.5 Å². The van der Waals surface area contributed by atoms with Crippen molar-refractivity contribution >= 4 is 17.3 Å². The summed E-state index contributed by atoms with van der Waals surface area (Å²) in [4.78, 5) is 12.8. The van der Waals surface area contributed by atoms with Gasteiger partial charge in [0.25, 0.3) is 0 Å².